The van der Waals surface area contributed by atoms with Gasteiger partial charge in [-0.15, -0.1) is 11.8 Å². The van der Waals surface area contributed by atoms with E-state index < -0.39 is 0 Å². The lowest BCUT2D eigenvalue weighted by atomic mass is 10.5. The number of furan rings is 1. The summed E-state index contributed by atoms with van der Waals surface area (Å²) in [4.78, 5) is 1.24. The maximum Gasteiger partial charge on any atom is 0.114 e. The van der Waals surface area contributed by atoms with Crippen molar-refractivity contribution in [1.29, 1.82) is 0 Å². The van der Waals surface area contributed by atoms with Crippen LogP contribution in [0.25, 0.3) is 0 Å². The van der Waals surface area contributed by atoms with E-state index in [9.17, 15) is 0 Å². The first-order valence-corrected chi connectivity index (χ1v) is 4.63. The molecule has 0 saturated carbocycles. The van der Waals surface area contributed by atoms with Gasteiger partial charge >= 0.3 is 0 Å². The minimum atomic E-state index is 0.495. The second kappa shape index (κ2) is 2.91. The van der Waals surface area contributed by atoms with Crippen LogP contribution in [0, 0.1) is 6.92 Å². The smallest absolute Gasteiger partial charge is 0.114 e. The highest BCUT2D eigenvalue weighted by atomic mass is 32.2. The Morgan fingerprint density at radius 3 is 3.09 bits per heavy atom. The van der Waals surface area contributed by atoms with Crippen molar-refractivity contribution >= 4 is 11.8 Å². The first kappa shape index (κ1) is 7.25. The summed E-state index contributed by atoms with van der Waals surface area (Å²) in [6.07, 6.45) is 2.22. The first-order chi connectivity index (χ1) is 5.36. The average Bonchev–Trinajstić information content (AvgIpc) is 2.73. The molecule has 60 valence electrons. The van der Waals surface area contributed by atoms with Crippen molar-refractivity contribution in [1.82, 2.24) is 0 Å². The number of ether oxygens (including phenoxy) is 1. The summed E-state index contributed by atoms with van der Waals surface area (Å²) in [6.45, 7) is 2.92. The van der Waals surface area contributed by atoms with Gasteiger partial charge in [0.2, 0.25) is 0 Å². The molecule has 1 aromatic rings. The standard InChI is InChI=1S/C8H10O2S/c1-6-8(2-3-9-6)11-5-7-4-10-7/h2-3,7H,4-5H2,1H3/t7-/m0/s1. The highest BCUT2D eigenvalue weighted by Gasteiger charge is 2.22. The monoisotopic (exact) mass is 170 g/mol. The number of hydrogen-bond donors (Lipinski definition) is 0. The Balaban J connectivity index is 1.89. The van der Waals surface area contributed by atoms with E-state index in [0.29, 0.717) is 6.10 Å². The van der Waals surface area contributed by atoms with Gasteiger partial charge in [0, 0.05) is 10.6 Å². The molecule has 1 aliphatic rings. The van der Waals surface area contributed by atoms with Gasteiger partial charge in [-0.05, 0) is 13.0 Å². The Bertz CT molecular complexity index is 240. The van der Waals surface area contributed by atoms with Crippen LogP contribution in [-0.2, 0) is 4.74 Å². The summed E-state index contributed by atoms with van der Waals surface area (Å²) >= 11 is 1.81. The van der Waals surface area contributed by atoms with Crippen molar-refractivity contribution < 1.29 is 9.15 Å². The molecule has 1 atom stereocenters. The third-order valence-corrected chi connectivity index (χ3v) is 2.91. The Morgan fingerprint density at radius 1 is 1.73 bits per heavy atom. The summed E-state index contributed by atoms with van der Waals surface area (Å²) in [6, 6.07) is 2.00. The molecule has 1 saturated heterocycles. The molecule has 0 aromatic carbocycles. The zero-order chi connectivity index (χ0) is 7.68. The van der Waals surface area contributed by atoms with Gasteiger partial charge in [-0.25, -0.2) is 0 Å². The van der Waals surface area contributed by atoms with E-state index in [1.807, 2.05) is 13.0 Å². The van der Waals surface area contributed by atoms with Gasteiger partial charge in [0.25, 0.3) is 0 Å². The van der Waals surface area contributed by atoms with E-state index in [1.54, 1.807) is 18.0 Å². The fraction of sp³-hybridized carbons (Fsp3) is 0.500. The molecule has 0 radical (unpaired) electrons. The highest BCUT2D eigenvalue weighted by molar-refractivity contribution is 7.99. The predicted octanol–water partition coefficient (Wildman–Crippen LogP) is 2.08. The Labute approximate surface area is 69.9 Å². The Morgan fingerprint density at radius 2 is 2.55 bits per heavy atom. The topological polar surface area (TPSA) is 25.7 Å². The molecule has 0 aliphatic carbocycles. The average molecular weight is 170 g/mol. The van der Waals surface area contributed by atoms with Crippen molar-refractivity contribution in [3.8, 4) is 0 Å². The van der Waals surface area contributed by atoms with E-state index >= 15 is 0 Å². The van der Waals surface area contributed by atoms with E-state index in [-0.39, 0.29) is 0 Å². The SMILES string of the molecule is Cc1occc1SC[C@@H]1CO1. The maximum absolute atomic E-state index is 5.16. The Kier molecular flexibility index (Phi) is 1.92. The molecule has 2 nitrogen and oxygen atoms in total. The molecule has 1 fully saturated rings. The third-order valence-electron chi connectivity index (χ3n) is 1.64. The molecule has 1 aromatic heterocycles. The normalized spacial score (nSPS) is 22.1. The number of aryl methyl sites for hydroxylation is 1. The second-order valence-electron chi connectivity index (χ2n) is 2.61. The van der Waals surface area contributed by atoms with Crippen LogP contribution in [0.1, 0.15) is 5.76 Å². The number of thioether (sulfide) groups is 1. The summed E-state index contributed by atoms with van der Waals surface area (Å²) in [5.41, 5.74) is 0. The zero-order valence-electron chi connectivity index (χ0n) is 6.37. The number of epoxide rings is 1. The van der Waals surface area contributed by atoms with Gasteiger partial charge in [0.05, 0.1) is 19.0 Å². The number of hydrogen-bond acceptors (Lipinski definition) is 3. The second-order valence-corrected chi connectivity index (χ2v) is 3.67. The molecule has 0 unspecified atom stereocenters. The zero-order valence-corrected chi connectivity index (χ0v) is 7.19. The van der Waals surface area contributed by atoms with Gasteiger partial charge in [0.1, 0.15) is 5.76 Å². The van der Waals surface area contributed by atoms with Gasteiger partial charge in [-0.2, -0.15) is 0 Å². The van der Waals surface area contributed by atoms with Crippen LogP contribution >= 0.6 is 11.8 Å². The lowest BCUT2D eigenvalue weighted by Crippen LogP contribution is -1.87. The largest absolute Gasteiger partial charge is 0.468 e. The number of rotatable bonds is 3. The minimum absolute atomic E-state index is 0.495. The molecule has 11 heavy (non-hydrogen) atoms. The van der Waals surface area contributed by atoms with Crippen molar-refractivity contribution in [3.05, 3.63) is 18.1 Å². The fourth-order valence-corrected chi connectivity index (χ4v) is 1.83. The Hall–Kier alpha value is -0.410. The lowest BCUT2D eigenvalue weighted by Gasteiger charge is -1.94. The molecule has 2 heterocycles. The van der Waals surface area contributed by atoms with Gasteiger partial charge in [0.15, 0.2) is 0 Å². The summed E-state index contributed by atoms with van der Waals surface area (Å²) < 4.78 is 10.3. The first-order valence-electron chi connectivity index (χ1n) is 3.65. The molecular formula is C8H10O2S. The summed E-state index contributed by atoms with van der Waals surface area (Å²) in [5.74, 6) is 2.07. The van der Waals surface area contributed by atoms with Crippen LogP contribution in [0.4, 0.5) is 0 Å². The molecule has 0 spiro atoms. The third kappa shape index (κ3) is 1.79. The van der Waals surface area contributed by atoms with E-state index in [4.69, 9.17) is 9.15 Å². The van der Waals surface area contributed by atoms with Crippen LogP contribution in [0.5, 0.6) is 0 Å². The van der Waals surface area contributed by atoms with Gasteiger partial charge in [-0.1, -0.05) is 0 Å². The van der Waals surface area contributed by atoms with Gasteiger partial charge < -0.3 is 9.15 Å². The van der Waals surface area contributed by atoms with Crippen LogP contribution in [0.2, 0.25) is 0 Å². The minimum Gasteiger partial charge on any atom is -0.468 e. The van der Waals surface area contributed by atoms with Crippen molar-refractivity contribution in [2.75, 3.05) is 12.4 Å². The van der Waals surface area contributed by atoms with Crippen molar-refractivity contribution in [3.63, 3.8) is 0 Å². The molecule has 3 heteroatoms. The van der Waals surface area contributed by atoms with Crippen molar-refractivity contribution in [2.45, 2.75) is 17.9 Å². The van der Waals surface area contributed by atoms with Crippen molar-refractivity contribution in [2.24, 2.45) is 0 Å². The van der Waals surface area contributed by atoms with Crippen LogP contribution in [-0.4, -0.2) is 18.5 Å². The highest BCUT2D eigenvalue weighted by Crippen LogP contribution is 2.26. The van der Waals surface area contributed by atoms with Crippen LogP contribution in [0.15, 0.2) is 21.6 Å². The van der Waals surface area contributed by atoms with Crippen LogP contribution in [0.3, 0.4) is 0 Å². The molecule has 0 amide bonds. The van der Waals surface area contributed by atoms with E-state index in [0.717, 1.165) is 18.1 Å². The molecule has 1 aliphatic heterocycles. The van der Waals surface area contributed by atoms with Crippen LogP contribution < -0.4 is 0 Å². The molecule has 0 bridgehead atoms. The van der Waals surface area contributed by atoms with Gasteiger partial charge in [-0.3, -0.25) is 0 Å². The predicted molar refractivity (Wildman–Crippen MR) is 43.9 cm³/mol. The molecule has 0 N–H and O–H groups in total. The maximum atomic E-state index is 5.16. The quantitative estimate of drug-likeness (QED) is 0.513. The lowest BCUT2D eigenvalue weighted by molar-refractivity contribution is 0.426. The van der Waals surface area contributed by atoms with E-state index in [2.05, 4.69) is 0 Å². The molecule has 2 rings (SSSR count). The molecular weight excluding hydrogens is 160 g/mol. The fourth-order valence-electron chi connectivity index (χ4n) is 0.870. The van der Waals surface area contributed by atoms with E-state index in [1.165, 1.54) is 4.90 Å². The summed E-state index contributed by atoms with van der Waals surface area (Å²) in [7, 11) is 0. The summed E-state index contributed by atoms with van der Waals surface area (Å²) in [5, 5.41) is 0.